The van der Waals surface area contributed by atoms with Crippen molar-refractivity contribution in [3.63, 3.8) is 0 Å². The second-order valence-corrected chi connectivity index (χ2v) is 7.56. The van der Waals surface area contributed by atoms with Crippen LogP contribution in [0.5, 0.6) is 11.5 Å². The summed E-state index contributed by atoms with van der Waals surface area (Å²) in [5, 5.41) is 3.45. The van der Waals surface area contributed by atoms with Gasteiger partial charge >= 0.3 is 0 Å². The molecule has 2 aromatic rings. The molecule has 2 aromatic carbocycles. The lowest BCUT2D eigenvalue weighted by Crippen LogP contribution is -2.46. The third-order valence-electron chi connectivity index (χ3n) is 4.82. The van der Waals surface area contributed by atoms with Gasteiger partial charge in [0.15, 0.2) is 11.5 Å². The van der Waals surface area contributed by atoms with E-state index in [0.29, 0.717) is 28.0 Å². The number of benzene rings is 2. The molecule has 1 aliphatic heterocycles. The number of nitrogens with zero attached hydrogens (tertiary/aromatic N) is 1. The fraction of sp³-hybridized carbons (Fsp3) is 0.333. The van der Waals surface area contributed by atoms with Crippen LogP contribution in [0, 0.1) is 0 Å². The van der Waals surface area contributed by atoms with Gasteiger partial charge in [0.05, 0.1) is 10.0 Å². The van der Waals surface area contributed by atoms with Crippen LogP contribution in [0.2, 0.25) is 10.0 Å². The van der Waals surface area contributed by atoms with E-state index in [1.54, 1.807) is 37.1 Å². The van der Waals surface area contributed by atoms with Crippen molar-refractivity contribution in [3.05, 3.63) is 57.6 Å². The molecule has 8 heteroatoms. The molecule has 0 bridgehead atoms. The van der Waals surface area contributed by atoms with Crippen molar-refractivity contribution in [2.24, 2.45) is 0 Å². The minimum absolute atomic E-state index is 0.134. The molecule has 0 spiro atoms. The lowest BCUT2D eigenvalue weighted by atomic mass is 10.1. The van der Waals surface area contributed by atoms with Crippen LogP contribution in [-0.4, -0.2) is 36.6 Å². The van der Waals surface area contributed by atoms with E-state index in [0.717, 1.165) is 11.1 Å². The van der Waals surface area contributed by atoms with Gasteiger partial charge in [-0.2, -0.15) is 0 Å². The summed E-state index contributed by atoms with van der Waals surface area (Å²) in [5.41, 5.74) is 1.76. The monoisotopic (exact) mass is 436 g/mol. The van der Waals surface area contributed by atoms with E-state index in [1.807, 2.05) is 18.2 Å². The van der Waals surface area contributed by atoms with Crippen molar-refractivity contribution in [3.8, 4) is 11.5 Å². The summed E-state index contributed by atoms with van der Waals surface area (Å²) in [4.78, 5) is 26.7. The van der Waals surface area contributed by atoms with Gasteiger partial charge in [0, 0.05) is 20.0 Å². The highest BCUT2D eigenvalue weighted by molar-refractivity contribution is 6.42. The number of halogens is 2. The zero-order chi connectivity index (χ0) is 21.0. The Labute approximate surface area is 179 Å². The van der Waals surface area contributed by atoms with Gasteiger partial charge in [-0.15, -0.1) is 0 Å². The topological polar surface area (TPSA) is 67.9 Å². The van der Waals surface area contributed by atoms with Gasteiger partial charge in [-0.05, 0) is 48.7 Å². The van der Waals surface area contributed by atoms with E-state index >= 15 is 0 Å². The van der Waals surface area contributed by atoms with Crippen LogP contribution in [0.4, 0.5) is 0 Å². The predicted molar refractivity (Wildman–Crippen MR) is 111 cm³/mol. The number of likely N-dealkylation sites (N-methyl/N-ethyl adjacent to an activating group) is 1. The zero-order valence-corrected chi connectivity index (χ0v) is 17.7. The third kappa shape index (κ3) is 5.14. The third-order valence-corrected chi connectivity index (χ3v) is 5.55. The van der Waals surface area contributed by atoms with E-state index < -0.39 is 6.04 Å². The number of aryl methyl sites for hydroxylation is 1. The molecule has 0 radical (unpaired) electrons. The summed E-state index contributed by atoms with van der Waals surface area (Å²) in [5.74, 6) is 1.02. The number of rotatable bonds is 7. The highest BCUT2D eigenvalue weighted by Crippen LogP contribution is 2.33. The molecular weight excluding hydrogens is 415 g/mol. The van der Waals surface area contributed by atoms with Crippen molar-refractivity contribution in [1.82, 2.24) is 10.2 Å². The van der Waals surface area contributed by atoms with Crippen molar-refractivity contribution in [2.45, 2.75) is 32.4 Å². The minimum Gasteiger partial charge on any atom is -0.454 e. The molecule has 154 valence electrons. The highest BCUT2D eigenvalue weighted by atomic mass is 35.5. The number of carbonyl (C=O) groups excluding carboxylic acids is 2. The van der Waals surface area contributed by atoms with Crippen molar-refractivity contribution in [2.75, 3.05) is 13.8 Å². The molecule has 3 rings (SSSR count). The summed E-state index contributed by atoms with van der Waals surface area (Å²) in [6.45, 7) is 2.17. The fourth-order valence-corrected chi connectivity index (χ4v) is 3.44. The van der Waals surface area contributed by atoms with Gasteiger partial charge in [-0.25, -0.2) is 0 Å². The van der Waals surface area contributed by atoms with Gasteiger partial charge in [0.1, 0.15) is 6.04 Å². The number of carbonyl (C=O) groups is 2. The van der Waals surface area contributed by atoms with Crippen LogP contribution in [-0.2, 0) is 22.6 Å². The maximum absolute atomic E-state index is 13.0. The maximum atomic E-state index is 13.0. The van der Waals surface area contributed by atoms with Crippen LogP contribution < -0.4 is 14.8 Å². The van der Waals surface area contributed by atoms with Gasteiger partial charge in [-0.1, -0.05) is 35.3 Å². The quantitative estimate of drug-likeness (QED) is 0.716. The van der Waals surface area contributed by atoms with E-state index in [4.69, 9.17) is 32.7 Å². The Balaban J connectivity index is 1.72. The van der Waals surface area contributed by atoms with Crippen molar-refractivity contribution >= 4 is 35.0 Å². The van der Waals surface area contributed by atoms with E-state index in [1.165, 1.54) is 0 Å². The standard InChI is InChI=1S/C21H22Cl2N2O4/c1-13(21(27)24-2)25(11-15-3-6-16(22)17(23)9-15)20(26)8-5-14-4-7-18-19(10-14)29-12-28-18/h3-4,6-7,9-10,13H,5,8,11-12H2,1-2H3,(H,24,27)/t13-/m1/s1. The fourth-order valence-electron chi connectivity index (χ4n) is 3.12. The first-order valence-electron chi connectivity index (χ1n) is 9.22. The highest BCUT2D eigenvalue weighted by Gasteiger charge is 2.25. The predicted octanol–water partition coefficient (Wildman–Crippen LogP) is 3.82. The van der Waals surface area contributed by atoms with Crippen LogP contribution in [0.25, 0.3) is 0 Å². The van der Waals surface area contributed by atoms with Crippen molar-refractivity contribution in [1.29, 1.82) is 0 Å². The number of nitrogens with one attached hydrogen (secondary N) is 1. The average Bonchev–Trinajstić information content (AvgIpc) is 3.19. The van der Waals surface area contributed by atoms with Crippen molar-refractivity contribution < 1.29 is 19.1 Å². The smallest absolute Gasteiger partial charge is 0.242 e. The molecule has 0 aliphatic carbocycles. The molecule has 1 aliphatic rings. The summed E-state index contributed by atoms with van der Waals surface area (Å²) in [6.07, 6.45) is 0.774. The van der Waals surface area contributed by atoms with Crippen LogP contribution in [0.1, 0.15) is 24.5 Å². The number of fused-ring (bicyclic) bond motifs is 1. The Hall–Kier alpha value is -2.44. The van der Waals surface area contributed by atoms with E-state index in [9.17, 15) is 9.59 Å². The second kappa shape index (κ2) is 9.37. The molecule has 2 amide bonds. The maximum Gasteiger partial charge on any atom is 0.242 e. The molecule has 0 fully saturated rings. The first kappa shape index (κ1) is 21.3. The Kier molecular flexibility index (Phi) is 6.87. The first-order valence-corrected chi connectivity index (χ1v) is 9.98. The largest absolute Gasteiger partial charge is 0.454 e. The molecule has 29 heavy (non-hydrogen) atoms. The van der Waals surface area contributed by atoms with Crippen LogP contribution in [0.15, 0.2) is 36.4 Å². The number of ether oxygens (including phenoxy) is 2. The molecular formula is C21H22Cl2N2O4. The molecule has 1 heterocycles. The number of amides is 2. The Morgan fingerprint density at radius 3 is 2.52 bits per heavy atom. The molecule has 0 aromatic heterocycles. The van der Waals surface area contributed by atoms with Gasteiger partial charge < -0.3 is 19.7 Å². The van der Waals surface area contributed by atoms with Gasteiger partial charge in [0.25, 0.3) is 0 Å². The Bertz CT molecular complexity index is 920. The summed E-state index contributed by atoms with van der Waals surface area (Å²) >= 11 is 12.1. The molecule has 6 nitrogen and oxygen atoms in total. The number of hydrogen-bond donors (Lipinski definition) is 1. The molecule has 0 saturated carbocycles. The normalized spacial score (nSPS) is 13.1. The van der Waals surface area contributed by atoms with Gasteiger partial charge in [0.2, 0.25) is 18.6 Å². The van der Waals surface area contributed by atoms with Crippen LogP contribution in [0.3, 0.4) is 0 Å². The minimum atomic E-state index is -0.626. The van der Waals surface area contributed by atoms with Gasteiger partial charge in [-0.3, -0.25) is 9.59 Å². The average molecular weight is 437 g/mol. The van der Waals surface area contributed by atoms with E-state index in [2.05, 4.69) is 5.32 Å². The molecule has 1 N–H and O–H groups in total. The van der Waals surface area contributed by atoms with E-state index in [-0.39, 0.29) is 31.6 Å². The summed E-state index contributed by atoms with van der Waals surface area (Å²) in [6, 6.07) is 10.2. The SMILES string of the molecule is CNC(=O)[C@@H](C)N(Cc1ccc(Cl)c(Cl)c1)C(=O)CCc1ccc2c(c1)OCO2. The zero-order valence-electron chi connectivity index (χ0n) is 16.2. The lowest BCUT2D eigenvalue weighted by Gasteiger charge is -2.28. The van der Waals surface area contributed by atoms with Crippen LogP contribution >= 0.6 is 23.2 Å². The summed E-state index contributed by atoms with van der Waals surface area (Å²) < 4.78 is 10.7. The Morgan fingerprint density at radius 2 is 1.79 bits per heavy atom. The number of hydrogen-bond acceptors (Lipinski definition) is 4. The second-order valence-electron chi connectivity index (χ2n) is 6.75. The Morgan fingerprint density at radius 1 is 1.07 bits per heavy atom. The molecule has 0 unspecified atom stereocenters. The molecule has 1 atom stereocenters. The lowest BCUT2D eigenvalue weighted by molar-refractivity contribution is -0.140. The molecule has 0 saturated heterocycles. The summed E-state index contributed by atoms with van der Waals surface area (Å²) in [7, 11) is 1.55. The first-order chi connectivity index (χ1) is 13.9.